The van der Waals surface area contributed by atoms with E-state index in [1.165, 1.54) is 32.1 Å². The van der Waals surface area contributed by atoms with Crippen LogP contribution in [0.5, 0.6) is 0 Å². The molecule has 18 heavy (non-hydrogen) atoms. The molecule has 3 heteroatoms. The monoisotopic (exact) mass is 254 g/mol. The first kappa shape index (κ1) is 15.5. The van der Waals surface area contributed by atoms with Crippen molar-refractivity contribution in [2.75, 3.05) is 6.54 Å². The van der Waals surface area contributed by atoms with Crippen LogP contribution in [0.3, 0.4) is 0 Å². The maximum absolute atomic E-state index is 11.9. The molecule has 1 fully saturated rings. The first-order valence-corrected chi connectivity index (χ1v) is 7.79. The Morgan fingerprint density at radius 3 is 2.39 bits per heavy atom. The fraction of sp³-hybridized carbons (Fsp3) is 0.933. The van der Waals surface area contributed by atoms with Gasteiger partial charge in [-0.2, -0.15) is 0 Å². The zero-order valence-corrected chi connectivity index (χ0v) is 12.1. The van der Waals surface area contributed by atoms with Gasteiger partial charge in [-0.25, -0.2) is 0 Å². The molecule has 0 aromatic carbocycles. The van der Waals surface area contributed by atoms with Crippen molar-refractivity contribution < 1.29 is 4.79 Å². The van der Waals surface area contributed by atoms with E-state index in [0.29, 0.717) is 18.6 Å². The van der Waals surface area contributed by atoms with Crippen LogP contribution in [-0.4, -0.2) is 24.5 Å². The molecule has 1 saturated carbocycles. The third-order valence-electron chi connectivity index (χ3n) is 3.90. The first-order chi connectivity index (χ1) is 8.76. The summed E-state index contributed by atoms with van der Waals surface area (Å²) in [6.07, 6.45) is 11.0. The minimum atomic E-state index is 0.177. The van der Waals surface area contributed by atoms with Crippen molar-refractivity contribution in [2.24, 2.45) is 0 Å². The molecule has 1 aliphatic rings. The van der Waals surface area contributed by atoms with Crippen molar-refractivity contribution in [3.05, 3.63) is 0 Å². The Kier molecular flexibility index (Phi) is 8.06. The summed E-state index contributed by atoms with van der Waals surface area (Å²) in [5.41, 5.74) is 0. The molecule has 0 aromatic heterocycles. The van der Waals surface area contributed by atoms with Crippen molar-refractivity contribution in [1.82, 2.24) is 10.6 Å². The molecular formula is C15H30N2O. The lowest BCUT2D eigenvalue weighted by Gasteiger charge is -2.19. The van der Waals surface area contributed by atoms with Crippen molar-refractivity contribution >= 4 is 5.91 Å². The fourth-order valence-corrected chi connectivity index (χ4v) is 2.74. The van der Waals surface area contributed by atoms with Gasteiger partial charge in [0, 0.05) is 12.1 Å². The van der Waals surface area contributed by atoms with E-state index in [2.05, 4.69) is 24.5 Å². The van der Waals surface area contributed by atoms with Crippen LogP contribution >= 0.6 is 0 Å². The van der Waals surface area contributed by atoms with E-state index in [1.807, 2.05) is 0 Å². The SMILES string of the molecule is CCCC(CC)NCC(=O)NC1CCCCCC1. The van der Waals surface area contributed by atoms with Gasteiger partial charge < -0.3 is 10.6 Å². The van der Waals surface area contributed by atoms with E-state index in [4.69, 9.17) is 0 Å². The Labute approximate surface area is 112 Å². The Hall–Kier alpha value is -0.570. The molecule has 0 aromatic rings. The largest absolute Gasteiger partial charge is 0.352 e. The van der Waals surface area contributed by atoms with Crippen molar-refractivity contribution in [2.45, 2.75) is 83.7 Å². The van der Waals surface area contributed by atoms with E-state index in [9.17, 15) is 4.79 Å². The lowest BCUT2D eigenvalue weighted by atomic mass is 10.1. The average Bonchev–Trinajstić information content (AvgIpc) is 2.63. The van der Waals surface area contributed by atoms with Gasteiger partial charge in [-0.1, -0.05) is 46.0 Å². The summed E-state index contributed by atoms with van der Waals surface area (Å²) in [5, 5.41) is 6.54. The van der Waals surface area contributed by atoms with Crippen LogP contribution in [0.2, 0.25) is 0 Å². The highest BCUT2D eigenvalue weighted by molar-refractivity contribution is 5.78. The van der Waals surface area contributed by atoms with Gasteiger partial charge in [0.2, 0.25) is 5.91 Å². The maximum Gasteiger partial charge on any atom is 0.234 e. The molecule has 0 saturated heterocycles. The summed E-state index contributed by atoms with van der Waals surface area (Å²) in [5.74, 6) is 0.177. The molecule has 1 rings (SSSR count). The van der Waals surface area contributed by atoms with Crippen LogP contribution in [0.4, 0.5) is 0 Å². The van der Waals surface area contributed by atoms with Crippen molar-refractivity contribution in [1.29, 1.82) is 0 Å². The van der Waals surface area contributed by atoms with Crippen molar-refractivity contribution in [3.63, 3.8) is 0 Å². The molecule has 106 valence electrons. The maximum atomic E-state index is 11.9. The quantitative estimate of drug-likeness (QED) is 0.686. The van der Waals surface area contributed by atoms with Gasteiger partial charge in [-0.3, -0.25) is 4.79 Å². The second-order valence-corrected chi connectivity index (χ2v) is 5.53. The number of carbonyl (C=O) groups is 1. The zero-order chi connectivity index (χ0) is 13.2. The Bertz CT molecular complexity index is 223. The van der Waals surface area contributed by atoms with Gasteiger partial charge in [0.25, 0.3) is 0 Å². The minimum absolute atomic E-state index is 0.177. The summed E-state index contributed by atoms with van der Waals surface area (Å²) < 4.78 is 0. The molecule has 1 atom stereocenters. The summed E-state index contributed by atoms with van der Waals surface area (Å²) in [7, 11) is 0. The highest BCUT2D eigenvalue weighted by Gasteiger charge is 2.15. The van der Waals surface area contributed by atoms with Crippen LogP contribution < -0.4 is 10.6 Å². The smallest absolute Gasteiger partial charge is 0.234 e. The summed E-state index contributed by atoms with van der Waals surface area (Å²) in [4.78, 5) is 11.9. The highest BCUT2D eigenvalue weighted by atomic mass is 16.1. The first-order valence-electron chi connectivity index (χ1n) is 7.79. The molecular weight excluding hydrogens is 224 g/mol. The summed E-state index contributed by atoms with van der Waals surface area (Å²) in [6.45, 7) is 4.85. The van der Waals surface area contributed by atoms with Gasteiger partial charge in [0.05, 0.1) is 6.54 Å². The molecule has 0 aliphatic heterocycles. The molecule has 0 spiro atoms. The second-order valence-electron chi connectivity index (χ2n) is 5.53. The third kappa shape index (κ3) is 6.39. The minimum Gasteiger partial charge on any atom is -0.352 e. The number of nitrogens with one attached hydrogen (secondary N) is 2. The Morgan fingerprint density at radius 2 is 1.83 bits per heavy atom. The highest BCUT2D eigenvalue weighted by Crippen LogP contribution is 2.16. The number of hydrogen-bond acceptors (Lipinski definition) is 2. The van der Waals surface area contributed by atoms with Gasteiger partial charge in [0.1, 0.15) is 0 Å². The normalized spacial score (nSPS) is 19.2. The van der Waals surface area contributed by atoms with Crippen molar-refractivity contribution in [3.8, 4) is 0 Å². The molecule has 1 aliphatic carbocycles. The molecule has 1 amide bonds. The standard InChI is InChI=1S/C15H30N2O/c1-3-9-13(4-2)16-12-15(18)17-14-10-7-5-6-8-11-14/h13-14,16H,3-12H2,1-2H3,(H,17,18). The molecule has 0 radical (unpaired) electrons. The van der Waals surface area contributed by atoms with E-state index in [-0.39, 0.29) is 5.91 Å². The average molecular weight is 254 g/mol. The number of carbonyl (C=O) groups excluding carboxylic acids is 1. The molecule has 0 bridgehead atoms. The van der Waals surface area contributed by atoms with Crippen LogP contribution in [0.25, 0.3) is 0 Å². The Morgan fingerprint density at radius 1 is 1.17 bits per heavy atom. The summed E-state index contributed by atoms with van der Waals surface area (Å²) in [6, 6.07) is 0.919. The number of amides is 1. The topological polar surface area (TPSA) is 41.1 Å². The second kappa shape index (κ2) is 9.37. The predicted octanol–water partition coefficient (Wildman–Crippen LogP) is 2.99. The van der Waals surface area contributed by atoms with Crippen LogP contribution in [0, 0.1) is 0 Å². The van der Waals surface area contributed by atoms with Gasteiger partial charge >= 0.3 is 0 Å². The van der Waals surface area contributed by atoms with Gasteiger partial charge in [0.15, 0.2) is 0 Å². The van der Waals surface area contributed by atoms with E-state index >= 15 is 0 Å². The number of rotatable bonds is 7. The Balaban J connectivity index is 2.19. The number of hydrogen-bond donors (Lipinski definition) is 2. The van der Waals surface area contributed by atoms with E-state index in [0.717, 1.165) is 25.7 Å². The van der Waals surface area contributed by atoms with Crippen LogP contribution in [0.1, 0.15) is 71.6 Å². The lowest BCUT2D eigenvalue weighted by molar-refractivity contribution is -0.121. The van der Waals surface area contributed by atoms with Gasteiger partial charge in [-0.05, 0) is 25.7 Å². The lowest BCUT2D eigenvalue weighted by Crippen LogP contribution is -2.43. The van der Waals surface area contributed by atoms with Gasteiger partial charge in [-0.15, -0.1) is 0 Å². The van der Waals surface area contributed by atoms with Crippen LogP contribution in [-0.2, 0) is 4.79 Å². The molecule has 3 nitrogen and oxygen atoms in total. The van der Waals surface area contributed by atoms with E-state index in [1.54, 1.807) is 0 Å². The van der Waals surface area contributed by atoms with E-state index < -0.39 is 0 Å². The molecule has 1 unspecified atom stereocenters. The molecule has 2 N–H and O–H groups in total. The fourth-order valence-electron chi connectivity index (χ4n) is 2.74. The molecule has 0 heterocycles. The zero-order valence-electron chi connectivity index (χ0n) is 12.1. The van der Waals surface area contributed by atoms with Crippen LogP contribution in [0.15, 0.2) is 0 Å². The third-order valence-corrected chi connectivity index (χ3v) is 3.90. The predicted molar refractivity (Wildman–Crippen MR) is 76.6 cm³/mol. The summed E-state index contributed by atoms with van der Waals surface area (Å²) >= 11 is 0.